The van der Waals surface area contributed by atoms with E-state index in [-0.39, 0.29) is 0 Å². The molecule has 0 spiro atoms. The average Bonchev–Trinajstić information content (AvgIpc) is 2.82. The SMILES string of the molecule is CS(=O)(=O)N1OC1c1ccc(Cl)cc1Cl. The maximum Gasteiger partial charge on any atom is 0.236 e. The van der Waals surface area contributed by atoms with Crippen LogP contribution in [0.2, 0.25) is 10.0 Å². The van der Waals surface area contributed by atoms with Crippen molar-refractivity contribution in [2.45, 2.75) is 6.23 Å². The highest BCUT2D eigenvalue weighted by molar-refractivity contribution is 7.88. The highest BCUT2D eigenvalue weighted by Gasteiger charge is 2.46. The summed E-state index contributed by atoms with van der Waals surface area (Å²) in [4.78, 5) is 4.91. The van der Waals surface area contributed by atoms with E-state index in [1.807, 2.05) is 0 Å². The number of hydrogen-bond acceptors (Lipinski definition) is 3. The molecule has 0 aromatic heterocycles. The van der Waals surface area contributed by atoms with E-state index >= 15 is 0 Å². The monoisotopic (exact) mass is 267 g/mol. The molecule has 1 aliphatic heterocycles. The Kier molecular flexibility index (Phi) is 2.68. The molecular formula is C8H7Cl2NO3S. The van der Waals surface area contributed by atoms with Gasteiger partial charge in [0.05, 0.1) is 6.26 Å². The molecule has 1 aromatic carbocycles. The van der Waals surface area contributed by atoms with Crippen LogP contribution in [0.15, 0.2) is 18.2 Å². The summed E-state index contributed by atoms with van der Waals surface area (Å²) in [6, 6.07) is 4.81. The van der Waals surface area contributed by atoms with Crippen LogP contribution >= 0.6 is 23.2 Å². The van der Waals surface area contributed by atoms with E-state index in [1.54, 1.807) is 18.2 Å². The molecule has 1 aliphatic rings. The smallest absolute Gasteiger partial charge is 0.236 e. The highest BCUT2D eigenvalue weighted by atomic mass is 35.5. The van der Waals surface area contributed by atoms with Gasteiger partial charge in [-0.3, -0.25) is 4.84 Å². The molecule has 0 N–H and O–H groups in total. The predicted octanol–water partition coefficient (Wildman–Crippen LogP) is 2.20. The van der Waals surface area contributed by atoms with Crippen LogP contribution < -0.4 is 0 Å². The maximum atomic E-state index is 11.1. The van der Waals surface area contributed by atoms with Crippen LogP contribution in [0.5, 0.6) is 0 Å². The van der Waals surface area contributed by atoms with Crippen molar-refractivity contribution in [1.29, 1.82) is 0 Å². The summed E-state index contributed by atoms with van der Waals surface area (Å²) in [6.07, 6.45) is 0.446. The Morgan fingerprint density at radius 3 is 2.53 bits per heavy atom. The summed E-state index contributed by atoms with van der Waals surface area (Å²) in [5, 5.41) is 0.883. The number of hydroxylamine groups is 1. The first-order valence-corrected chi connectivity index (χ1v) is 6.61. The van der Waals surface area contributed by atoms with Gasteiger partial charge >= 0.3 is 0 Å². The van der Waals surface area contributed by atoms with Gasteiger partial charge < -0.3 is 0 Å². The fourth-order valence-electron chi connectivity index (χ4n) is 1.20. The van der Waals surface area contributed by atoms with Crippen molar-refractivity contribution < 1.29 is 13.3 Å². The lowest BCUT2D eigenvalue weighted by atomic mass is 10.2. The molecule has 82 valence electrons. The Morgan fingerprint density at radius 2 is 2.07 bits per heavy atom. The number of nitrogens with zero attached hydrogens (tertiary/aromatic N) is 1. The summed E-state index contributed by atoms with van der Waals surface area (Å²) >= 11 is 11.6. The van der Waals surface area contributed by atoms with Crippen molar-refractivity contribution in [2.75, 3.05) is 6.26 Å². The fraction of sp³-hybridized carbons (Fsp3) is 0.250. The Bertz CT molecular complexity index is 503. The Labute approximate surface area is 97.4 Å². The molecule has 2 atom stereocenters. The van der Waals surface area contributed by atoms with Gasteiger partial charge in [-0.1, -0.05) is 29.3 Å². The van der Waals surface area contributed by atoms with Gasteiger partial charge in [0.1, 0.15) is 0 Å². The molecular weight excluding hydrogens is 261 g/mol. The molecule has 4 nitrogen and oxygen atoms in total. The summed E-state index contributed by atoms with van der Waals surface area (Å²) in [5.41, 5.74) is 0.589. The van der Waals surface area contributed by atoms with Crippen LogP contribution in [0.3, 0.4) is 0 Å². The van der Waals surface area contributed by atoms with Crippen molar-refractivity contribution in [3.05, 3.63) is 33.8 Å². The lowest BCUT2D eigenvalue weighted by Crippen LogP contribution is -2.08. The largest absolute Gasteiger partial charge is 0.254 e. The van der Waals surface area contributed by atoms with E-state index in [2.05, 4.69) is 0 Å². The third kappa shape index (κ3) is 2.26. The van der Waals surface area contributed by atoms with Crippen molar-refractivity contribution >= 4 is 33.2 Å². The average molecular weight is 268 g/mol. The van der Waals surface area contributed by atoms with E-state index in [4.69, 9.17) is 28.0 Å². The van der Waals surface area contributed by atoms with Gasteiger partial charge in [-0.2, -0.15) is 0 Å². The Morgan fingerprint density at radius 1 is 1.40 bits per heavy atom. The third-order valence-corrected chi connectivity index (χ3v) is 3.40. The predicted molar refractivity (Wildman–Crippen MR) is 57.0 cm³/mol. The van der Waals surface area contributed by atoms with Crippen molar-refractivity contribution in [3.8, 4) is 0 Å². The van der Waals surface area contributed by atoms with Crippen LogP contribution in [0, 0.1) is 0 Å². The molecule has 1 saturated heterocycles. The first-order chi connectivity index (χ1) is 6.89. The van der Waals surface area contributed by atoms with Crippen molar-refractivity contribution in [3.63, 3.8) is 0 Å². The lowest BCUT2D eigenvalue weighted by molar-refractivity contribution is 0.284. The van der Waals surface area contributed by atoms with Gasteiger partial charge in [0.2, 0.25) is 10.0 Å². The van der Waals surface area contributed by atoms with Gasteiger partial charge in [0.25, 0.3) is 0 Å². The summed E-state index contributed by atoms with van der Waals surface area (Å²) < 4.78 is 23.1. The molecule has 2 rings (SSSR count). The molecule has 0 amide bonds. The number of hydrogen-bond donors (Lipinski definition) is 0. The summed E-state index contributed by atoms with van der Waals surface area (Å²) in [5.74, 6) is 0. The number of halogens is 2. The van der Waals surface area contributed by atoms with Gasteiger partial charge in [-0.25, -0.2) is 8.42 Å². The molecule has 0 radical (unpaired) electrons. The molecule has 2 unspecified atom stereocenters. The number of sulfonamides is 1. The molecule has 1 fully saturated rings. The zero-order chi connectivity index (χ0) is 11.2. The zero-order valence-electron chi connectivity index (χ0n) is 7.65. The second-order valence-corrected chi connectivity index (χ2v) is 5.81. The summed E-state index contributed by atoms with van der Waals surface area (Å²) in [6.45, 7) is 0. The molecule has 1 heterocycles. The van der Waals surface area contributed by atoms with Crippen LogP contribution in [0.1, 0.15) is 11.8 Å². The maximum absolute atomic E-state index is 11.1. The molecule has 0 aliphatic carbocycles. The molecule has 1 aromatic rings. The van der Waals surface area contributed by atoms with Crippen molar-refractivity contribution in [2.24, 2.45) is 0 Å². The Hall–Kier alpha value is -0.330. The molecule has 0 saturated carbocycles. The Balaban J connectivity index is 2.28. The van der Waals surface area contributed by atoms with E-state index in [9.17, 15) is 8.42 Å². The van der Waals surface area contributed by atoms with Crippen LogP contribution in [-0.2, 0) is 14.9 Å². The number of rotatable bonds is 2. The topological polar surface area (TPSA) is 49.7 Å². The fourth-order valence-corrected chi connectivity index (χ4v) is 2.40. The standard InChI is InChI=1S/C8H7Cl2NO3S/c1-15(12,13)11-8(14-11)6-3-2-5(9)4-7(6)10/h2-4,8H,1H3. The highest BCUT2D eigenvalue weighted by Crippen LogP contribution is 2.42. The van der Waals surface area contributed by atoms with Crippen LogP contribution in [0.4, 0.5) is 0 Å². The second-order valence-electron chi connectivity index (χ2n) is 3.14. The van der Waals surface area contributed by atoms with E-state index in [0.29, 0.717) is 15.6 Å². The van der Waals surface area contributed by atoms with Crippen LogP contribution in [-0.4, -0.2) is 19.1 Å². The second kappa shape index (κ2) is 3.61. The van der Waals surface area contributed by atoms with Crippen LogP contribution in [0.25, 0.3) is 0 Å². The van der Waals surface area contributed by atoms with E-state index < -0.39 is 16.3 Å². The van der Waals surface area contributed by atoms with Gasteiger partial charge in [-0.05, 0) is 16.6 Å². The molecule has 0 bridgehead atoms. The lowest BCUT2D eigenvalue weighted by Gasteiger charge is -1.99. The van der Waals surface area contributed by atoms with Gasteiger partial charge in [0, 0.05) is 15.6 Å². The van der Waals surface area contributed by atoms with Gasteiger partial charge in [0.15, 0.2) is 6.23 Å². The molecule has 7 heteroatoms. The number of benzene rings is 1. The van der Waals surface area contributed by atoms with E-state index in [0.717, 1.165) is 10.7 Å². The third-order valence-electron chi connectivity index (χ3n) is 1.91. The minimum absolute atomic E-state index is 0.388. The van der Waals surface area contributed by atoms with Gasteiger partial charge in [-0.15, -0.1) is 0 Å². The summed E-state index contributed by atoms with van der Waals surface area (Å²) in [7, 11) is -3.33. The normalized spacial score (nSPS) is 25.3. The first kappa shape index (κ1) is 11.2. The zero-order valence-corrected chi connectivity index (χ0v) is 9.97. The minimum atomic E-state index is -3.33. The van der Waals surface area contributed by atoms with Crippen molar-refractivity contribution in [1.82, 2.24) is 4.47 Å². The first-order valence-electron chi connectivity index (χ1n) is 4.01. The van der Waals surface area contributed by atoms with E-state index in [1.165, 1.54) is 0 Å². The minimum Gasteiger partial charge on any atom is -0.254 e. The molecule has 15 heavy (non-hydrogen) atoms. The quantitative estimate of drug-likeness (QED) is 0.772.